The molecule has 3 unspecified atom stereocenters. The molecule has 0 aromatic heterocycles. The van der Waals surface area contributed by atoms with Gasteiger partial charge < -0.3 is 33.9 Å². The van der Waals surface area contributed by atoms with Crippen LogP contribution in [0, 0.1) is 0 Å². The van der Waals surface area contributed by atoms with Crippen molar-refractivity contribution in [1.82, 2.24) is 10.2 Å². The molecule has 0 bridgehead atoms. The predicted octanol–water partition coefficient (Wildman–Crippen LogP) is 13.5. The van der Waals surface area contributed by atoms with Gasteiger partial charge in [-0.15, -0.1) is 0 Å². The van der Waals surface area contributed by atoms with Crippen LogP contribution in [0.2, 0.25) is 0 Å². The molecule has 10 heteroatoms. The van der Waals surface area contributed by atoms with Crippen LogP contribution >= 0.6 is 0 Å². The third-order valence-corrected chi connectivity index (χ3v) is 11.8. The Morgan fingerprint density at radius 3 is 1.60 bits per heavy atom. The summed E-state index contributed by atoms with van der Waals surface area (Å²) in [5.41, 5.74) is 0. The number of allylic oxidation sites excluding steroid dienone is 4. The molecule has 1 fully saturated rings. The Balaban J connectivity index is 2.66. The number of carbonyl (C=O) groups excluding carboxylic acids is 3. The zero-order valence-corrected chi connectivity index (χ0v) is 40.8. The molecular weight excluding hydrogens is 781 g/mol. The van der Waals surface area contributed by atoms with E-state index < -0.39 is 24.6 Å². The van der Waals surface area contributed by atoms with Gasteiger partial charge in [-0.2, -0.15) is 0 Å². The number of hydrogen-bond acceptors (Lipinski definition) is 9. The summed E-state index contributed by atoms with van der Waals surface area (Å²) in [6, 6.07) is -0.348. The third-order valence-electron chi connectivity index (χ3n) is 11.8. The second kappa shape index (κ2) is 42.5. The van der Waals surface area contributed by atoms with Gasteiger partial charge in [0.25, 0.3) is 0 Å². The number of carbonyl (C=O) groups is 3. The monoisotopic (exact) mass is 877 g/mol. The smallest absolute Gasteiger partial charge is 0.407 e. The fourth-order valence-electron chi connectivity index (χ4n) is 7.94. The average Bonchev–Trinajstić information content (AvgIpc) is 3.25. The van der Waals surface area contributed by atoms with Crippen LogP contribution in [0.25, 0.3) is 0 Å². The van der Waals surface area contributed by atoms with E-state index in [-0.39, 0.29) is 24.4 Å². The molecule has 1 aliphatic carbocycles. The van der Waals surface area contributed by atoms with Gasteiger partial charge in [0.2, 0.25) is 0 Å². The molecule has 1 saturated carbocycles. The van der Waals surface area contributed by atoms with E-state index in [2.05, 4.69) is 69.1 Å². The summed E-state index contributed by atoms with van der Waals surface area (Å²) in [5, 5.41) is 2.98. The molecule has 0 aromatic rings. The lowest BCUT2D eigenvalue weighted by Gasteiger charge is -2.34. The Morgan fingerprint density at radius 2 is 1.03 bits per heavy atom. The Morgan fingerprint density at radius 1 is 0.548 bits per heavy atom. The van der Waals surface area contributed by atoms with Crippen molar-refractivity contribution in [3.05, 3.63) is 24.3 Å². The molecule has 3 atom stereocenters. The highest BCUT2D eigenvalue weighted by Gasteiger charge is 2.34. The minimum Gasteiger partial charge on any atom is -0.462 e. The van der Waals surface area contributed by atoms with Crippen molar-refractivity contribution >= 4 is 18.0 Å². The van der Waals surface area contributed by atoms with Gasteiger partial charge in [-0.3, -0.25) is 9.59 Å². The molecule has 1 amide bonds. The largest absolute Gasteiger partial charge is 0.462 e. The number of nitrogens with one attached hydrogen (secondary N) is 1. The maximum atomic E-state index is 13.3. The SMILES string of the molecule is CCCCC/C=C\C/C=C\CCCCCCCC(=O)OC1CC(NC(=O)OCCCN(CC)CC)CC(OC(=O)CCC(OCCCCCCCC)OCCCCCCCC)C1. The molecule has 0 radical (unpaired) electrons. The maximum absolute atomic E-state index is 13.3. The number of amides is 1. The Hall–Kier alpha value is -2.43. The fourth-order valence-corrected chi connectivity index (χ4v) is 7.94. The van der Waals surface area contributed by atoms with Crippen molar-refractivity contribution in [2.75, 3.05) is 39.5 Å². The van der Waals surface area contributed by atoms with Crippen molar-refractivity contribution in [3.8, 4) is 0 Å². The number of ether oxygens (including phenoxy) is 5. The maximum Gasteiger partial charge on any atom is 0.407 e. The average molecular weight is 877 g/mol. The minimum absolute atomic E-state index is 0.165. The van der Waals surface area contributed by atoms with E-state index in [4.69, 9.17) is 23.7 Å². The van der Waals surface area contributed by atoms with Gasteiger partial charge in [-0.25, -0.2) is 4.79 Å². The summed E-state index contributed by atoms with van der Waals surface area (Å²) < 4.78 is 29.8. The fraction of sp³-hybridized carbons (Fsp3) is 0.865. The number of nitrogens with zero attached hydrogens (tertiary/aromatic N) is 1. The van der Waals surface area contributed by atoms with Crippen LogP contribution < -0.4 is 5.32 Å². The Bertz CT molecular complexity index is 1090. The molecule has 1 rings (SSSR count). The van der Waals surface area contributed by atoms with Gasteiger partial charge in [-0.1, -0.05) is 155 Å². The molecule has 1 N–H and O–H groups in total. The first-order valence-electron chi connectivity index (χ1n) is 25.9. The van der Waals surface area contributed by atoms with Gasteiger partial charge in [0.1, 0.15) is 12.2 Å². The van der Waals surface area contributed by atoms with Gasteiger partial charge in [0.15, 0.2) is 6.29 Å². The molecule has 0 aromatic carbocycles. The first kappa shape index (κ1) is 57.6. The quantitative estimate of drug-likeness (QED) is 0.0211. The van der Waals surface area contributed by atoms with E-state index in [1.165, 1.54) is 77.0 Å². The summed E-state index contributed by atoms with van der Waals surface area (Å²) in [5.74, 6) is -0.570. The summed E-state index contributed by atoms with van der Waals surface area (Å²) in [6.45, 7) is 15.3. The lowest BCUT2D eigenvalue weighted by atomic mass is 9.90. The molecule has 0 aliphatic heterocycles. The van der Waals surface area contributed by atoms with E-state index in [0.29, 0.717) is 51.9 Å². The van der Waals surface area contributed by atoms with E-state index in [0.717, 1.165) is 96.7 Å². The number of hydrogen-bond donors (Lipinski definition) is 1. The normalized spacial score (nSPS) is 16.8. The van der Waals surface area contributed by atoms with E-state index in [9.17, 15) is 14.4 Å². The summed E-state index contributed by atoms with van der Waals surface area (Å²) in [6.07, 6.45) is 36.7. The molecule has 0 saturated heterocycles. The summed E-state index contributed by atoms with van der Waals surface area (Å²) in [7, 11) is 0. The van der Waals surface area contributed by atoms with Crippen molar-refractivity contribution in [3.63, 3.8) is 0 Å². The highest BCUT2D eigenvalue weighted by atomic mass is 16.7. The van der Waals surface area contributed by atoms with Crippen LogP contribution in [0.1, 0.15) is 227 Å². The molecule has 362 valence electrons. The molecule has 0 spiro atoms. The van der Waals surface area contributed by atoms with E-state index >= 15 is 0 Å². The number of esters is 2. The number of unbranched alkanes of at least 4 members (excludes halogenated alkanes) is 18. The van der Waals surface area contributed by atoms with Crippen LogP contribution in [0.5, 0.6) is 0 Å². The topological polar surface area (TPSA) is 113 Å². The Kier molecular flexibility index (Phi) is 39.5. The summed E-state index contributed by atoms with van der Waals surface area (Å²) >= 11 is 0. The standard InChI is InChI=1S/C52H96N2O8/c1-6-11-14-17-20-21-22-23-24-25-26-27-28-29-32-36-49(55)61-47-43-46(53-52(57)60-42-35-39-54(9-4)10-5)44-48(45-47)62-50(56)37-38-51(58-40-33-30-18-15-12-7-2)59-41-34-31-19-16-13-8-3/h20-21,23-24,46-48,51H,6-19,22,25-45H2,1-5H3,(H,53,57)/b21-20-,24-23-. The van der Waals surface area contributed by atoms with Crippen LogP contribution in [0.3, 0.4) is 0 Å². The number of alkyl carbamates (subject to hydrolysis) is 1. The molecular formula is C52H96N2O8. The highest BCUT2D eigenvalue weighted by Crippen LogP contribution is 2.26. The zero-order chi connectivity index (χ0) is 45.1. The minimum atomic E-state index is -0.496. The molecule has 0 heterocycles. The van der Waals surface area contributed by atoms with Crippen molar-refractivity contribution in [1.29, 1.82) is 0 Å². The van der Waals surface area contributed by atoms with Gasteiger partial charge in [0, 0.05) is 57.9 Å². The first-order valence-corrected chi connectivity index (χ1v) is 25.9. The van der Waals surface area contributed by atoms with Crippen molar-refractivity contribution in [2.45, 2.75) is 252 Å². The van der Waals surface area contributed by atoms with Crippen LogP contribution in [0.15, 0.2) is 24.3 Å². The van der Waals surface area contributed by atoms with Crippen molar-refractivity contribution in [2.24, 2.45) is 0 Å². The molecule has 1 aliphatic rings. The van der Waals surface area contributed by atoms with Gasteiger partial charge in [0.05, 0.1) is 13.0 Å². The first-order chi connectivity index (χ1) is 30.3. The van der Waals surface area contributed by atoms with Crippen LogP contribution in [-0.2, 0) is 33.3 Å². The lowest BCUT2D eigenvalue weighted by molar-refractivity contribution is -0.167. The molecule has 62 heavy (non-hydrogen) atoms. The third kappa shape index (κ3) is 35.0. The lowest BCUT2D eigenvalue weighted by Crippen LogP contribution is -2.46. The van der Waals surface area contributed by atoms with Gasteiger partial charge >= 0.3 is 18.0 Å². The Labute approximate surface area is 380 Å². The second-order valence-corrected chi connectivity index (χ2v) is 17.5. The molecule has 10 nitrogen and oxygen atoms in total. The second-order valence-electron chi connectivity index (χ2n) is 17.5. The zero-order valence-electron chi connectivity index (χ0n) is 40.8. The van der Waals surface area contributed by atoms with Crippen LogP contribution in [0.4, 0.5) is 4.79 Å². The van der Waals surface area contributed by atoms with E-state index in [1.54, 1.807) is 0 Å². The highest BCUT2D eigenvalue weighted by molar-refractivity contribution is 5.70. The van der Waals surface area contributed by atoms with E-state index in [1.807, 2.05) is 0 Å². The predicted molar refractivity (Wildman–Crippen MR) is 255 cm³/mol. The summed E-state index contributed by atoms with van der Waals surface area (Å²) in [4.78, 5) is 41.5. The number of rotatable bonds is 42. The van der Waals surface area contributed by atoms with Crippen LogP contribution in [-0.4, -0.2) is 86.9 Å². The van der Waals surface area contributed by atoms with Crippen molar-refractivity contribution < 1.29 is 38.1 Å². The van der Waals surface area contributed by atoms with Gasteiger partial charge in [-0.05, 0) is 70.9 Å².